The Kier molecular flexibility index (Phi) is 5.36. The highest BCUT2D eigenvalue weighted by Crippen LogP contribution is 2.50. The van der Waals surface area contributed by atoms with Crippen molar-refractivity contribution >= 4 is 22.9 Å². The van der Waals surface area contributed by atoms with Gasteiger partial charge in [-0.05, 0) is 37.8 Å². The van der Waals surface area contributed by atoms with Gasteiger partial charge in [0.1, 0.15) is 16.9 Å². The number of carbonyl (C=O) groups is 1. The number of piperazine rings is 1. The molecule has 184 valence electrons. The molecule has 4 heterocycles. The van der Waals surface area contributed by atoms with Crippen molar-refractivity contribution in [3.05, 3.63) is 47.9 Å². The molecule has 8 nitrogen and oxygen atoms in total. The van der Waals surface area contributed by atoms with Crippen LogP contribution in [0.2, 0.25) is 0 Å². The molecule has 3 aromatic rings. The topological polar surface area (TPSA) is 75.0 Å². The molecule has 2 aliphatic heterocycles. The van der Waals surface area contributed by atoms with Crippen LogP contribution in [0.15, 0.2) is 36.8 Å². The third kappa shape index (κ3) is 4.20. The largest absolute Gasteiger partial charge is 0.487 e. The average molecular weight is 483 g/mol. The van der Waals surface area contributed by atoms with Crippen LogP contribution in [-0.4, -0.2) is 70.2 Å². The Balaban J connectivity index is 1.30. The normalized spacial score (nSPS) is 22.5. The van der Waals surface area contributed by atoms with Gasteiger partial charge in [-0.15, -0.1) is 0 Å². The average Bonchev–Trinajstić information content (AvgIpc) is 3.52. The second-order valence-corrected chi connectivity index (χ2v) is 9.92. The van der Waals surface area contributed by atoms with Crippen LogP contribution in [0.4, 0.5) is 20.2 Å². The molecule has 1 atom stereocenters. The Morgan fingerprint density at radius 3 is 2.80 bits per heavy atom. The summed E-state index contributed by atoms with van der Waals surface area (Å²) >= 11 is 0. The molecule has 2 fully saturated rings. The highest BCUT2D eigenvalue weighted by molar-refractivity contribution is 6.09. The number of nitrogens with zero attached hydrogens (tertiary/aromatic N) is 5. The Bertz CT molecular complexity index is 1270. The van der Waals surface area contributed by atoms with E-state index in [1.807, 2.05) is 12.1 Å². The molecule has 3 aliphatic rings. The molecular formula is C25H28F2N6O2. The van der Waals surface area contributed by atoms with Crippen LogP contribution in [0.25, 0.3) is 5.65 Å². The summed E-state index contributed by atoms with van der Waals surface area (Å²) in [6.07, 6.45) is 5.70. The summed E-state index contributed by atoms with van der Waals surface area (Å²) in [5, 5.41) is 7.31. The minimum atomic E-state index is -2.34. The fraction of sp³-hybridized carbons (Fsp3) is 0.480. The van der Waals surface area contributed by atoms with Gasteiger partial charge in [-0.2, -0.15) is 5.10 Å². The Morgan fingerprint density at radius 2 is 2.06 bits per heavy atom. The van der Waals surface area contributed by atoms with E-state index < -0.39 is 6.43 Å². The van der Waals surface area contributed by atoms with Crippen molar-refractivity contribution < 1.29 is 18.3 Å². The summed E-state index contributed by atoms with van der Waals surface area (Å²) in [5.74, 6) is 1.11. The standard InChI is InChI=1S/C25H28F2N6O2/c1-25(17-3-4-17)13-16-11-19(30-24(34)18-14-29-33-6-2-5-28-23(18)33)20(12-21(16)35-25)32-9-7-31(8-10-32)15-22(26)27/h2,5-6,11-12,14,17,22H,3-4,7-10,13,15H2,1H3,(H,30,34). The third-order valence-electron chi connectivity index (χ3n) is 7.39. The highest BCUT2D eigenvalue weighted by Gasteiger charge is 2.47. The summed E-state index contributed by atoms with van der Waals surface area (Å²) in [5.41, 5.74) is 3.27. The minimum absolute atomic E-state index is 0.216. The van der Waals surface area contributed by atoms with E-state index in [0.29, 0.717) is 49.0 Å². The molecule has 1 amide bonds. The van der Waals surface area contributed by atoms with E-state index in [1.54, 1.807) is 27.9 Å². The lowest BCUT2D eigenvalue weighted by atomic mass is 9.94. The van der Waals surface area contributed by atoms with Crippen LogP contribution in [0.1, 0.15) is 35.7 Å². The molecule has 0 spiro atoms. The van der Waals surface area contributed by atoms with Crippen LogP contribution in [0.3, 0.4) is 0 Å². The van der Waals surface area contributed by atoms with E-state index in [4.69, 9.17) is 4.74 Å². The maximum Gasteiger partial charge on any atom is 0.261 e. The number of benzene rings is 1. The zero-order valence-corrected chi connectivity index (χ0v) is 19.6. The van der Waals surface area contributed by atoms with Gasteiger partial charge >= 0.3 is 0 Å². The number of anilines is 2. The monoisotopic (exact) mass is 482 g/mol. The molecule has 0 radical (unpaired) electrons. The molecule has 0 bridgehead atoms. The van der Waals surface area contributed by atoms with Gasteiger partial charge in [0.25, 0.3) is 12.3 Å². The molecule has 1 saturated heterocycles. The van der Waals surface area contributed by atoms with E-state index >= 15 is 0 Å². The van der Waals surface area contributed by atoms with Crippen molar-refractivity contribution in [2.45, 2.75) is 38.2 Å². The number of hydrogen-bond donors (Lipinski definition) is 1. The summed E-state index contributed by atoms with van der Waals surface area (Å²) in [4.78, 5) is 21.5. The first kappa shape index (κ1) is 22.2. The number of hydrogen-bond acceptors (Lipinski definition) is 6. The number of ether oxygens (including phenoxy) is 1. The summed E-state index contributed by atoms with van der Waals surface area (Å²) < 4.78 is 33.7. The van der Waals surface area contributed by atoms with Crippen LogP contribution in [0.5, 0.6) is 5.75 Å². The number of fused-ring (bicyclic) bond motifs is 2. The Morgan fingerprint density at radius 1 is 1.26 bits per heavy atom. The number of aromatic nitrogens is 3. The van der Waals surface area contributed by atoms with Gasteiger partial charge in [-0.25, -0.2) is 18.3 Å². The lowest BCUT2D eigenvalue weighted by Crippen LogP contribution is -2.48. The van der Waals surface area contributed by atoms with Crippen LogP contribution < -0.4 is 15.0 Å². The Labute approximate surface area is 201 Å². The second-order valence-electron chi connectivity index (χ2n) is 9.92. The van der Waals surface area contributed by atoms with Crippen molar-refractivity contribution in [2.75, 3.05) is 42.9 Å². The SMILES string of the molecule is CC1(C2CC2)Cc2cc(NC(=O)c3cnn4cccnc34)c(N3CCN(CC(F)F)CC3)cc2O1. The number of amides is 1. The minimum Gasteiger partial charge on any atom is -0.487 e. The third-order valence-corrected chi connectivity index (χ3v) is 7.39. The second kappa shape index (κ2) is 8.44. The molecule has 35 heavy (non-hydrogen) atoms. The van der Waals surface area contributed by atoms with Crippen LogP contribution in [-0.2, 0) is 6.42 Å². The molecule has 1 aromatic carbocycles. The fourth-order valence-corrected chi connectivity index (χ4v) is 5.34. The first-order valence-electron chi connectivity index (χ1n) is 12.1. The van der Waals surface area contributed by atoms with Crippen LogP contribution in [0, 0.1) is 5.92 Å². The van der Waals surface area contributed by atoms with Crippen molar-refractivity contribution in [3.8, 4) is 5.75 Å². The van der Waals surface area contributed by atoms with E-state index in [1.165, 1.54) is 19.0 Å². The van der Waals surface area contributed by atoms with Gasteiger partial charge in [0, 0.05) is 56.6 Å². The zero-order valence-electron chi connectivity index (χ0n) is 19.6. The molecule has 1 aliphatic carbocycles. The molecule has 10 heteroatoms. The smallest absolute Gasteiger partial charge is 0.261 e. The maximum atomic E-state index is 13.3. The van der Waals surface area contributed by atoms with Gasteiger partial charge in [0.2, 0.25) is 0 Å². The van der Waals surface area contributed by atoms with Gasteiger partial charge in [-0.3, -0.25) is 9.69 Å². The number of carbonyl (C=O) groups excluding carboxylic acids is 1. The molecule has 2 aromatic heterocycles. The Hall–Kier alpha value is -3.27. The predicted octanol–water partition coefficient (Wildman–Crippen LogP) is 3.47. The van der Waals surface area contributed by atoms with Gasteiger partial charge in [0.05, 0.1) is 24.1 Å². The lowest BCUT2D eigenvalue weighted by Gasteiger charge is -2.37. The number of alkyl halides is 2. The highest BCUT2D eigenvalue weighted by atomic mass is 19.3. The van der Waals surface area contributed by atoms with Crippen molar-refractivity contribution in [2.24, 2.45) is 5.92 Å². The molecule has 1 N–H and O–H groups in total. The number of nitrogens with one attached hydrogen (secondary N) is 1. The van der Waals surface area contributed by atoms with E-state index in [2.05, 4.69) is 27.2 Å². The lowest BCUT2D eigenvalue weighted by molar-refractivity contribution is 0.0853. The fourth-order valence-electron chi connectivity index (χ4n) is 5.34. The number of halogens is 2. The van der Waals surface area contributed by atoms with Crippen molar-refractivity contribution in [1.82, 2.24) is 19.5 Å². The quantitative estimate of drug-likeness (QED) is 0.580. The first-order chi connectivity index (χ1) is 16.9. The molecular weight excluding hydrogens is 454 g/mol. The van der Waals surface area contributed by atoms with Crippen molar-refractivity contribution in [3.63, 3.8) is 0 Å². The summed E-state index contributed by atoms with van der Waals surface area (Å²) in [6, 6.07) is 5.78. The van der Waals surface area contributed by atoms with Gasteiger partial charge in [0.15, 0.2) is 5.65 Å². The maximum absolute atomic E-state index is 13.3. The van der Waals surface area contributed by atoms with Crippen molar-refractivity contribution in [1.29, 1.82) is 0 Å². The molecule has 1 saturated carbocycles. The summed E-state index contributed by atoms with van der Waals surface area (Å²) in [6.45, 7) is 4.20. The predicted molar refractivity (Wildman–Crippen MR) is 128 cm³/mol. The molecule has 1 unspecified atom stereocenters. The van der Waals surface area contributed by atoms with E-state index in [-0.39, 0.29) is 18.1 Å². The van der Waals surface area contributed by atoms with E-state index in [0.717, 1.165) is 23.4 Å². The molecule has 6 rings (SSSR count). The van der Waals surface area contributed by atoms with Gasteiger partial charge in [-0.1, -0.05) is 0 Å². The summed E-state index contributed by atoms with van der Waals surface area (Å²) in [7, 11) is 0. The zero-order chi connectivity index (χ0) is 24.2. The first-order valence-corrected chi connectivity index (χ1v) is 12.1. The van der Waals surface area contributed by atoms with Gasteiger partial charge < -0.3 is 15.0 Å². The van der Waals surface area contributed by atoms with E-state index in [9.17, 15) is 13.6 Å². The number of rotatable bonds is 6. The van der Waals surface area contributed by atoms with Crippen LogP contribution >= 0.6 is 0 Å².